The van der Waals surface area contributed by atoms with Gasteiger partial charge in [0.2, 0.25) is 0 Å². The molecule has 1 saturated heterocycles. The Balaban J connectivity index is 2.60. The lowest BCUT2D eigenvalue weighted by Crippen LogP contribution is -2.47. The predicted molar refractivity (Wildman–Crippen MR) is 60.1 cm³/mol. The molecule has 1 aliphatic rings. The number of benzene rings is 1. The van der Waals surface area contributed by atoms with Crippen LogP contribution in [-0.2, 0) is 24.6 Å². The third-order valence-corrected chi connectivity index (χ3v) is 4.14. The molecule has 0 spiro atoms. The summed E-state index contributed by atoms with van der Waals surface area (Å²) in [6.07, 6.45) is 0. The standard InChI is InChI=1S/C11H14O5S/c1-8-3-4-10(17(13,14)15-2)9(5-8)11(12)6-16-7-11/h3-5,12H,6-7H2,1-2H3. The van der Waals surface area contributed by atoms with Gasteiger partial charge in [0.1, 0.15) is 10.5 Å². The molecule has 1 aromatic rings. The van der Waals surface area contributed by atoms with Crippen molar-refractivity contribution in [1.82, 2.24) is 0 Å². The Labute approximate surface area is 100 Å². The fourth-order valence-corrected chi connectivity index (χ4v) is 2.70. The molecule has 17 heavy (non-hydrogen) atoms. The highest BCUT2D eigenvalue weighted by Gasteiger charge is 2.41. The molecule has 2 rings (SSSR count). The molecule has 5 nitrogen and oxygen atoms in total. The summed E-state index contributed by atoms with van der Waals surface area (Å²) >= 11 is 0. The van der Waals surface area contributed by atoms with Gasteiger partial charge in [-0.3, -0.25) is 4.18 Å². The van der Waals surface area contributed by atoms with Gasteiger partial charge >= 0.3 is 0 Å². The van der Waals surface area contributed by atoms with Crippen LogP contribution in [0.25, 0.3) is 0 Å². The summed E-state index contributed by atoms with van der Waals surface area (Å²) in [5.41, 5.74) is -0.0200. The van der Waals surface area contributed by atoms with E-state index in [0.717, 1.165) is 12.7 Å². The zero-order chi connectivity index (χ0) is 12.7. The molecule has 1 aliphatic heterocycles. The summed E-state index contributed by atoms with van der Waals surface area (Å²) in [5, 5.41) is 10.2. The maximum Gasteiger partial charge on any atom is 0.297 e. The zero-order valence-corrected chi connectivity index (χ0v) is 10.5. The van der Waals surface area contributed by atoms with E-state index in [1.54, 1.807) is 12.1 Å². The fourth-order valence-electron chi connectivity index (χ4n) is 1.77. The van der Waals surface area contributed by atoms with E-state index >= 15 is 0 Å². The van der Waals surface area contributed by atoms with Crippen molar-refractivity contribution >= 4 is 10.1 Å². The molecule has 0 saturated carbocycles. The van der Waals surface area contributed by atoms with E-state index in [1.165, 1.54) is 6.07 Å². The van der Waals surface area contributed by atoms with Crippen LogP contribution in [0.15, 0.2) is 23.1 Å². The minimum absolute atomic E-state index is 0.00333. The average Bonchev–Trinajstić information content (AvgIpc) is 2.25. The van der Waals surface area contributed by atoms with E-state index in [1.807, 2.05) is 6.92 Å². The van der Waals surface area contributed by atoms with Gasteiger partial charge in [0.25, 0.3) is 10.1 Å². The van der Waals surface area contributed by atoms with E-state index in [9.17, 15) is 13.5 Å². The van der Waals surface area contributed by atoms with Gasteiger partial charge in [-0.1, -0.05) is 17.7 Å². The van der Waals surface area contributed by atoms with Crippen LogP contribution in [-0.4, -0.2) is 33.8 Å². The maximum absolute atomic E-state index is 11.7. The van der Waals surface area contributed by atoms with Gasteiger partial charge in [0, 0.05) is 5.56 Å². The molecule has 1 heterocycles. The maximum atomic E-state index is 11.7. The van der Waals surface area contributed by atoms with Crippen LogP contribution in [0.5, 0.6) is 0 Å². The molecule has 94 valence electrons. The summed E-state index contributed by atoms with van der Waals surface area (Å²) < 4.78 is 32.9. The third-order valence-electron chi connectivity index (χ3n) is 2.81. The second-order valence-electron chi connectivity index (χ2n) is 4.14. The van der Waals surface area contributed by atoms with Crippen LogP contribution < -0.4 is 0 Å². The van der Waals surface area contributed by atoms with Crippen LogP contribution in [0.1, 0.15) is 11.1 Å². The SMILES string of the molecule is COS(=O)(=O)c1ccc(C)cc1C1(O)COC1. The molecule has 0 amide bonds. The van der Waals surface area contributed by atoms with E-state index in [-0.39, 0.29) is 18.1 Å². The lowest BCUT2D eigenvalue weighted by Gasteiger charge is -2.37. The van der Waals surface area contributed by atoms with Gasteiger partial charge in [0.15, 0.2) is 0 Å². The third kappa shape index (κ3) is 2.09. The van der Waals surface area contributed by atoms with E-state index in [2.05, 4.69) is 4.18 Å². The number of rotatable bonds is 3. The van der Waals surface area contributed by atoms with Gasteiger partial charge in [-0.05, 0) is 13.0 Å². The lowest BCUT2D eigenvalue weighted by atomic mass is 9.91. The fraction of sp³-hybridized carbons (Fsp3) is 0.455. The molecule has 0 aromatic heterocycles. The first-order valence-electron chi connectivity index (χ1n) is 5.11. The van der Waals surface area contributed by atoms with Crippen molar-refractivity contribution in [2.45, 2.75) is 17.4 Å². The van der Waals surface area contributed by atoms with Gasteiger partial charge in [0.05, 0.1) is 20.3 Å². The number of hydrogen-bond acceptors (Lipinski definition) is 5. The Morgan fingerprint density at radius 2 is 2.06 bits per heavy atom. The average molecular weight is 258 g/mol. The Hall–Kier alpha value is -0.950. The lowest BCUT2D eigenvalue weighted by molar-refractivity contribution is -0.186. The Bertz CT molecular complexity index is 531. The van der Waals surface area contributed by atoms with Gasteiger partial charge in [-0.15, -0.1) is 0 Å². The van der Waals surface area contributed by atoms with Crippen LogP contribution >= 0.6 is 0 Å². The van der Waals surface area contributed by atoms with Crippen molar-refractivity contribution < 1.29 is 22.4 Å². The van der Waals surface area contributed by atoms with Crippen molar-refractivity contribution in [3.05, 3.63) is 29.3 Å². The molecular weight excluding hydrogens is 244 g/mol. The summed E-state index contributed by atoms with van der Waals surface area (Å²) in [6.45, 7) is 2.03. The number of ether oxygens (including phenoxy) is 1. The molecule has 6 heteroatoms. The highest BCUT2D eigenvalue weighted by atomic mass is 32.2. The summed E-state index contributed by atoms with van der Waals surface area (Å²) in [6, 6.07) is 4.76. The highest BCUT2D eigenvalue weighted by Crippen LogP contribution is 2.34. The van der Waals surface area contributed by atoms with Crippen LogP contribution in [0, 0.1) is 6.92 Å². The van der Waals surface area contributed by atoms with Crippen molar-refractivity contribution in [3.8, 4) is 0 Å². The number of aliphatic hydroxyl groups is 1. The van der Waals surface area contributed by atoms with Crippen LogP contribution in [0.4, 0.5) is 0 Å². The molecule has 0 atom stereocenters. The van der Waals surface area contributed by atoms with Crippen molar-refractivity contribution in [1.29, 1.82) is 0 Å². The largest absolute Gasteiger partial charge is 0.380 e. The summed E-state index contributed by atoms with van der Waals surface area (Å²) in [4.78, 5) is -0.00333. The molecule has 1 N–H and O–H groups in total. The highest BCUT2D eigenvalue weighted by molar-refractivity contribution is 7.86. The molecule has 0 bridgehead atoms. The number of aryl methyl sites for hydroxylation is 1. The molecule has 0 radical (unpaired) electrons. The molecule has 1 aromatic carbocycles. The van der Waals surface area contributed by atoms with Crippen LogP contribution in [0.2, 0.25) is 0 Å². The topological polar surface area (TPSA) is 72.8 Å². The van der Waals surface area contributed by atoms with Gasteiger partial charge in [-0.2, -0.15) is 8.42 Å². The first kappa shape index (κ1) is 12.5. The quantitative estimate of drug-likeness (QED) is 0.801. The van der Waals surface area contributed by atoms with Crippen molar-refractivity contribution in [2.24, 2.45) is 0 Å². The monoisotopic (exact) mass is 258 g/mol. The Morgan fingerprint density at radius 1 is 1.41 bits per heavy atom. The first-order valence-corrected chi connectivity index (χ1v) is 6.52. The number of hydrogen-bond donors (Lipinski definition) is 1. The van der Waals surface area contributed by atoms with Crippen molar-refractivity contribution in [3.63, 3.8) is 0 Å². The Morgan fingerprint density at radius 3 is 2.53 bits per heavy atom. The summed E-state index contributed by atoms with van der Waals surface area (Å²) in [5.74, 6) is 0. The molecule has 0 unspecified atom stereocenters. The van der Waals surface area contributed by atoms with E-state index in [0.29, 0.717) is 5.56 Å². The second-order valence-corrected chi connectivity index (χ2v) is 5.83. The van der Waals surface area contributed by atoms with Crippen LogP contribution in [0.3, 0.4) is 0 Å². The minimum atomic E-state index is -3.82. The van der Waals surface area contributed by atoms with Gasteiger partial charge < -0.3 is 9.84 Å². The molecule has 0 aliphatic carbocycles. The predicted octanol–water partition coefficient (Wildman–Crippen LogP) is 0.548. The second kappa shape index (κ2) is 4.06. The molecule has 1 fully saturated rings. The van der Waals surface area contributed by atoms with Gasteiger partial charge in [-0.25, -0.2) is 0 Å². The zero-order valence-electron chi connectivity index (χ0n) is 9.63. The smallest absolute Gasteiger partial charge is 0.297 e. The van der Waals surface area contributed by atoms with Crippen molar-refractivity contribution in [2.75, 3.05) is 20.3 Å². The normalized spacial score (nSPS) is 18.8. The minimum Gasteiger partial charge on any atom is -0.380 e. The summed E-state index contributed by atoms with van der Waals surface area (Å²) in [7, 11) is -2.72. The van der Waals surface area contributed by atoms with E-state index in [4.69, 9.17) is 4.74 Å². The van der Waals surface area contributed by atoms with E-state index < -0.39 is 15.7 Å². The Kier molecular flexibility index (Phi) is 2.99. The molecular formula is C11H14O5S. The first-order chi connectivity index (χ1) is 7.89.